The van der Waals surface area contributed by atoms with Gasteiger partial charge in [-0.3, -0.25) is 16.1 Å². The highest BCUT2D eigenvalue weighted by Gasteiger charge is 2.01. The molecule has 0 aromatic heterocycles. The molecule has 0 aliphatic rings. The van der Waals surface area contributed by atoms with Gasteiger partial charge in [0, 0.05) is 5.69 Å². The van der Waals surface area contributed by atoms with Gasteiger partial charge in [-0.05, 0) is 30.7 Å². The van der Waals surface area contributed by atoms with E-state index in [0.717, 1.165) is 5.56 Å². The lowest BCUT2D eigenvalue weighted by molar-refractivity contribution is 0.627. The summed E-state index contributed by atoms with van der Waals surface area (Å²) in [7, 11) is 0. The van der Waals surface area contributed by atoms with Crippen molar-refractivity contribution in [2.45, 2.75) is 6.92 Å². The number of guanidine groups is 2. The number of nitrogens with two attached hydrogens (primary N) is 1. The lowest BCUT2D eigenvalue weighted by atomic mass is 10.2. The molecular weight excluding hydrogens is 197 g/mol. The van der Waals surface area contributed by atoms with Crippen molar-refractivity contribution in [1.29, 1.82) is 10.8 Å². The molecule has 0 radical (unpaired) electrons. The second-order valence-electron chi connectivity index (χ2n) is 3.06. The summed E-state index contributed by atoms with van der Waals surface area (Å²) in [6.07, 6.45) is 0. The number of rotatable bonds is 1. The zero-order chi connectivity index (χ0) is 11.4. The molecule has 1 aromatic carbocycles. The van der Waals surface area contributed by atoms with E-state index in [-0.39, 0.29) is 17.7 Å². The summed E-state index contributed by atoms with van der Waals surface area (Å²) in [6.45, 7) is 1.75. The fourth-order valence-corrected chi connectivity index (χ4v) is 1.12. The van der Waals surface area contributed by atoms with Crippen LogP contribution in [-0.2, 0) is 0 Å². The van der Waals surface area contributed by atoms with Crippen molar-refractivity contribution in [3.8, 4) is 0 Å². The molecule has 0 saturated carbocycles. The van der Waals surface area contributed by atoms with E-state index < -0.39 is 0 Å². The van der Waals surface area contributed by atoms with Gasteiger partial charge in [0.15, 0.2) is 11.9 Å². The first-order valence-electron chi connectivity index (χ1n) is 4.21. The van der Waals surface area contributed by atoms with Gasteiger partial charge >= 0.3 is 0 Å². The molecule has 0 aliphatic carbocycles. The van der Waals surface area contributed by atoms with Crippen molar-refractivity contribution < 1.29 is 4.39 Å². The SMILES string of the molecule is Cc1cc(F)cc(NC(=N)NC(=N)N)c1. The van der Waals surface area contributed by atoms with Gasteiger partial charge < -0.3 is 11.1 Å². The number of halogens is 1. The Morgan fingerprint density at radius 3 is 2.53 bits per heavy atom. The first-order valence-corrected chi connectivity index (χ1v) is 4.21. The van der Waals surface area contributed by atoms with Crippen molar-refractivity contribution >= 4 is 17.6 Å². The van der Waals surface area contributed by atoms with Crippen LogP contribution in [0.5, 0.6) is 0 Å². The van der Waals surface area contributed by atoms with Crippen LogP contribution in [0.15, 0.2) is 18.2 Å². The Morgan fingerprint density at radius 1 is 1.33 bits per heavy atom. The predicted molar refractivity (Wildman–Crippen MR) is 57.5 cm³/mol. The molecule has 0 atom stereocenters. The highest BCUT2D eigenvalue weighted by molar-refractivity contribution is 6.02. The van der Waals surface area contributed by atoms with Crippen LogP contribution in [0.4, 0.5) is 10.1 Å². The third kappa shape index (κ3) is 3.63. The first-order chi connectivity index (χ1) is 6.97. The van der Waals surface area contributed by atoms with Gasteiger partial charge in [-0.25, -0.2) is 4.39 Å². The van der Waals surface area contributed by atoms with Gasteiger partial charge in [0.25, 0.3) is 0 Å². The molecule has 80 valence electrons. The van der Waals surface area contributed by atoms with Crippen LogP contribution in [0.25, 0.3) is 0 Å². The Morgan fingerprint density at radius 2 is 2.00 bits per heavy atom. The molecule has 0 aliphatic heterocycles. The Bertz CT molecular complexity index is 381. The zero-order valence-electron chi connectivity index (χ0n) is 8.19. The normalized spacial score (nSPS) is 9.47. The molecule has 0 saturated heterocycles. The van der Waals surface area contributed by atoms with Crippen LogP contribution >= 0.6 is 0 Å². The molecular formula is C9H12FN5. The van der Waals surface area contributed by atoms with Gasteiger partial charge in [-0.15, -0.1) is 0 Å². The molecule has 5 nitrogen and oxygen atoms in total. The topological polar surface area (TPSA) is 97.8 Å². The third-order valence-corrected chi connectivity index (χ3v) is 1.57. The Labute approximate surface area is 86.5 Å². The maximum atomic E-state index is 12.9. The molecule has 6 N–H and O–H groups in total. The van der Waals surface area contributed by atoms with E-state index in [1.165, 1.54) is 12.1 Å². The minimum absolute atomic E-state index is 0.174. The Hall–Kier alpha value is -2.11. The maximum absolute atomic E-state index is 12.9. The molecule has 0 bridgehead atoms. The molecule has 0 amide bonds. The van der Waals surface area contributed by atoms with Gasteiger partial charge in [0.1, 0.15) is 5.82 Å². The lowest BCUT2D eigenvalue weighted by Gasteiger charge is -2.09. The number of aryl methyl sites for hydroxylation is 1. The highest BCUT2D eigenvalue weighted by atomic mass is 19.1. The fourth-order valence-electron chi connectivity index (χ4n) is 1.12. The van der Waals surface area contributed by atoms with E-state index in [1.807, 2.05) is 0 Å². The molecule has 0 fully saturated rings. The Balaban J connectivity index is 2.72. The van der Waals surface area contributed by atoms with Gasteiger partial charge in [0.05, 0.1) is 0 Å². The zero-order valence-corrected chi connectivity index (χ0v) is 8.19. The average Bonchev–Trinajstić information content (AvgIpc) is 1.98. The predicted octanol–water partition coefficient (Wildman–Crippen LogP) is 0.964. The van der Waals surface area contributed by atoms with Crippen molar-refractivity contribution in [3.05, 3.63) is 29.6 Å². The van der Waals surface area contributed by atoms with Crippen LogP contribution in [0.2, 0.25) is 0 Å². The summed E-state index contributed by atoms with van der Waals surface area (Å²) >= 11 is 0. The first kappa shape index (κ1) is 11.0. The van der Waals surface area contributed by atoms with E-state index >= 15 is 0 Å². The van der Waals surface area contributed by atoms with Gasteiger partial charge in [-0.1, -0.05) is 0 Å². The van der Waals surface area contributed by atoms with Crippen molar-refractivity contribution in [3.63, 3.8) is 0 Å². The summed E-state index contributed by atoms with van der Waals surface area (Å²) in [5.41, 5.74) is 6.20. The number of hydrogen-bond acceptors (Lipinski definition) is 2. The molecule has 15 heavy (non-hydrogen) atoms. The average molecular weight is 209 g/mol. The quantitative estimate of drug-likeness (QED) is 0.352. The second kappa shape index (κ2) is 4.41. The summed E-state index contributed by atoms with van der Waals surface area (Å²) < 4.78 is 12.9. The maximum Gasteiger partial charge on any atom is 0.199 e. The Kier molecular flexibility index (Phi) is 3.22. The molecule has 1 rings (SSSR count). The van der Waals surface area contributed by atoms with Gasteiger partial charge in [0.2, 0.25) is 0 Å². The van der Waals surface area contributed by atoms with E-state index in [9.17, 15) is 4.39 Å². The molecule has 0 unspecified atom stereocenters. The summed E-state index contributed by atoms with van der Waals surface area (Å²) in [5.74, 6) is -0.902. The number of nitrogens with one attached hydrogen (secondary N) is 4. The smallest absolute Gasteiger partial charge is 0.199 e. The van der Waals surface area contributed by atoms with Crippen LogP contribution < -0.4 is 16.4 Å². The fraction of sp³-hybridized carbons (Fsp3) is 0.111. The molecule has 0 spiro atoms. The summed E-state index contributed by atoms with van der Waals surface area (Å²) in [5, 5.41) is 19.0. The van der Waals surface area contributed by atoms with Crippen LogP contribution in [-0.4, -0.2) is 11.9 Å². The summed E-state index contributed by atoms with van der Waals surface area (Å²) in [4.78, 5) is 0. The van der Waals surface area contributed by atoms with Crippen molar-refractivity contribution in [2.75, 3.05) is 5.32 Å². The molecule has 1 aromatic rings. The third-order valence-electron chi connectivity index (χ3n) is 1.57. The van der Waals surface area contributed by atoms with Crippen LogP contribution in [0, 0.1) is 23.6 Å². The minimum atomic E-state index is -0.381. The van der Waals surface area contributed by atoms with E-state index in [2.05, 4.69) is 10.6 Å². The largest absolute Gasteiger partial charge is 0.370 e. The molecule has 6 heteroatoms. The monoisotopic (exact) mass is 209 g/mol. The highest BCUT2D eigenvalue weighted by Crippen LogP contribution is 2.12. The second-order valence-corrected chi connectivity index (χ2v) is 3.06. The lowest BCUT2D eigenvalue weighted by Crippen LogP contribution is -2.39. The van der Waals surface area contributed by atoms with Crippen molar-refractivity contribution in [1.82, 2.24) is 5.32 Å². The van der Waals surface area contributed by atoms with E-state index in [1.54, 1.807) is 13.0 Å². The van der Waals surface area contributed by atoms with E-state index in [0.29, 0.717) is 5.69 Å². The van der Waals surface area contributed by atoms with Crippen molar-refractivity contribution in [2.24, 2.45) is 5.73 Å². The number of anilines is 1. The van der Waals surface area contributed by atoms with Gasteiger partial charge in [-0.2, -0.15) is 0 Å². The number of hydrogen-bond donors (Lipinski definition) is 5. The standard InChI is InChI=1S/C9H12FN5/c1-5-2-6(10)4-7(3-5)14-9(13)15-8(11)12/h2-4H,1H3,(H6,11,12,13,14,15). The molecule has 0 heterocycles. The number of benzene rings is 1. The van der Waals surface area contributed by atoms with Crippen LogP contribution in [0.1, 0.15) is 5.56 Å². The minimum Gasteiger partial charge on any atom is -0.370 e. The van der Waals surface area contributed by atoms with Crippen LogP contribution in [0.3, 0.4) is 0 Å². The van der Waals surface area contributed by atoms with E-state index in [4.69, 9.17) is 16.6 Å². The summed E-state index contributed by atoms with van der Waals surface area (Å²) in [6, 6.07) is 4.32.